The maximum atomic E-state index is 12.4. The summed E-state index contributed by atoms with van der Waals surface area (Å²) in [6.45, 7) is 5.65. The van der Waals surface area contributed by atoms with Gasteiger partial charge in [0.2, 0.25) is 0 Å². The Bertz CT molecular complexity index is 609. The fraction of sp³-hybridized carbons (Fsp3) is 0.688. The molecular formula is C16H22N4O3. The molecule has 4 heterocycles. The zero-order chi connectivity index (χ0) is 15.9. The first-order valence-electron chi connectivity index (χ1n) is 8.30. The molecule has 3 saturated heterocycles. The van der Waals surface area contributed by atoms with Crippen LogP contribution in [0.4, 0.5) is 10.6 Å². The SMILES string of the molecule is Cc1nc([C@@H]2CCNC2)cc(N2CC3(CCOCC3)OC2=O)n1. The molecule has 4 rings (SSSR count). The molecule has 7 heteroatoms. The number of aryl methyl sites for hydroxylation is 1. The molecule has 0 bridgehead atoms. The second kappa shape index (κ2) is 5.72. The summed E-state index contributed by atoms with van der Waals surface area (Å²) >= 11 is 0. The predicted molar refractivity (Wildman–Crippen MR) is 83.6 cm³/mol. The molecule has 0 radical (unpaired) electrons. The zero-order valence-corrected chi connectivity index (χ0v) is 13.4. The number of anilines is 1. The topological polar surface area (TPSA) is 76.6 Å². The number of hydrogen-bond donors (Lipinski definition) is 1. The monoisotopic (exact) mass is 318 g/mol. The lowest BCUT2D eigenvalue weighted by Crippen LogP contribution is -2.40. The molecule has 124 valence electrons. The first-order valence-corrected chi connectivity index (χ1v) is 8.30. The van der Waals surface area contributed by atoms with Gasteiger partial charge >= 0.3 is 6.09 Å². The number of nitrogens with zero attached hydrogens (tertiary/aromatic N) is 3. The van der Waals surface area contributed by atoms with Gasteiger partial charge < -0.3 is 14.8 Å². The third-order valence-corrected chi connectivity index (χ3v) is 4.97. The first kappa shape index (κ1) is 14.8. The van der Waals surface area contributed by atoms with E-state index in [0.717, 1.165) is 38.0 Å². The van der Waals surface area contributed by atoms with Gasteiger partial charge in [-0.1, -0.05) is 0 Å². The molecule has 1 N–H and O–H groups in total. The zero-order valence-electron chi connectivity index (χ0n) is 13.4. The molecule has 23 heavy (non-hydrogen) atoms. The number of amides is 1. The second-order valence-electron chi connectivity index (χ2n) is 6.64. The number of rotatable bonds is 2. The summed E-state index contributed by atoms with van der Waals surface area (Å²) in [5, 5.41) is 3.36. The number of hydrogen-bond acceptors (Lipinski definition) is 6. The largest absolute Gasteiger partial charge is 0.440 e. The highest BCUT2D eigenvalue weighted by Gasteiger charge is 2.47. The van der Waals surface area contributed by atoms with Gasteiger partial charge in [0.25, 0.3) is 0 Å². The van der Waals surface area contributed by atoms with Crippen LogP contribution in [0.5, 0.6) is 0 Å². The smallest absolute Gasteiger partial charge is 0.416 e. The van der Waals surface area contributed by atoms with Crippen LogP contribution in [-0.4, -0.2) is 54.5 Å². The van der Waals surface area contributed by atoms with E-state index in [9.17, 15) is 4.79 Å². The summed E-state index contributed by atoms with van der Waals surface area (Å²) in [4.78, 5) is 23.1. The van der Waals surface area contributed by atoms with Crippen molar-refractivity contribution in [3.8, 4) is 0 Å². The van der Waals surface area contributed by atoms with E-state index in [4.69, 9.17) is 9.47 Å². The van der Waals surface area contributed by atoms with Gasteiger partial charge in [0.15, 0.2) is 0 Å². The van der Waals surface area contributed by atoms with Crippen LogP contribution in [0.1, 0.15) is 36.7 Å². The minimum Gasteiger partial charge on any atom is -0.440 e. The van der Waals surface area contributed by atoms with Gasteiger partial charge in [0.05, 0.1) is 25.5 Å². The number of aromatic nitrogens is 2. The summed E-state index contributed by atoms with van der Waals surface area (Å²) in [7, 11) is 0. The highest BCUT2D eigenvalue weighted by molar-refractivity contribution is 5.89. The normalized spacial score (nSPS) is 26.7. The van der Waals surface area contributed by atoms with Crippen LogP contribution in [0, 0.1) is 6.92 Å². The van der Waals surface area contributed by atoms with E-state index in [1.807, 2.05) is 13.0 Å². The predicted octanol–water partition coefficient (Wildman–Crippen LogP) is 1.37. The molecular weight excluding hydrogens is 296 g/mol. The van der Waals surface area contributed by atoms with E-state index in [1.54, 1.807) is 4.90 Å². The number of carbonyl (C=O) groups is 1. The lowest BCUT2D eigenvalue weighted by Gasteiger charge is -2.30. The number of nitrogens with one attached hydrogen (secondary N) is 1. The van der Waals surface area contributed by atoms with Crippen LogP contribution in [0.15, 0.2) is 6.07 Å². The van der Waals surface area contributed by atoms with Crippen molar-refractivity contribution in [2.24, 2.45) is 0 Å². The Balaban J connectivity index is 1.61. The average Bonchev–Trinajstić information content (AvgIpc) is 3.16. The maximum absolute atomic E-state index is 12.4. The standard InChI is InChI=1S/C16H22N4O3/c1-11-18-13(12-2-5-17-9-12)8-14(19-11)20-10-16(23-15(20)21)3-6-22-7-4-16/h8,12,17H,2-7,9-10H2,1H3/t12-/m1/s1. The Morgan fingerprint density at radius 3 is 2.91 bits per heavy atom. The van der Waals surface area contributed by atoms with Crippen LogP contribution in [0.2, 0.25) is 0 Å². The Labute approximate surface area is 135 Å². The minimum absolute atomic E-state index is 0.305. The molecule has 1 atom stereocenters. The Kier molecular flexibility index (Phi) is 3.69. The molecule has 0 saturated carbocycles. The summed E-state index contributed by atoms with van der Waals surface area (Å²) in [6, 6.07) is 1.95. The first-order chi connectivity index (χ1) is 11.2. The van der Waals surface area contributed by atoms with Crippen LogP contribution in [-0.2, 0) is 9.47 Å². The second-order valence-corrected chi connectivity index (χ2v) is 6.64. The lowest BCUT2D eigenvalue weighted by molar-refractivity contribution is -0.0431. The molecule has 0 unspecified atom stereocenters. The van der Waals surface area contributed by atoms with Crippen LogP contribution in [0.25, 0.3) is 0 Å². The average molecular weight is 318 g/mol. The molecule has 1 aromatic rings. The highest BCUT2D eigenvalue weighted by atomic mass is 16.6. The molecule has 7 nitrogen and oxygen atoms in total. The number of ether oxygens (including phenoxy) is 2. The molecule has 3 aliphatic rings. The molecule has 3 aliphatic heterocycles. The fourth-order valence-electron chi connectivity index (χ4n) is 3.63. The van der Waals surface area contributed by atoms with Gasteiger partial charge in [-0.2, -0.15) is 0 Å². The van der Waals surface area contributed by atoms with Gasteiger partial charge in [-0.3, -0.25) is 4.90 Å². The third-order valence-electron chi connectivity index (χ3n) is 4.97. The van der Waals surface area contributed by atoms with Gasteiger partial charge in [-0.25, -0.2) is 14.8 Å². The molecule has 0 aliphatic carbocycles. The third kappa shape index (κ3) is 2.79. The molecule has 1 aromatic heterocycles. The van der Waals surface area contributed by atoms with Crippen molar-refractivity contribution in [1.82, 2.24) is 15.3 Å². The Morgan fingerprint density at radius 2 is 2.17 bits per heavy atom. The quantitative estimate of drug-likeness (QED) is 0.887. The van der Waals surface area contributed by atoms with Crippen molar-refractivity contribution in [3.63, 3.8) is 0 Å². The van der Waals surface area contributed by atoms with E-state index < -0.39 is 5.60 Å². The van der Waals surface area contributed by atoms with Crippen LogP contribution in [0.3, 0.4) is 0 Å². The van der Waals surface area contributed by atoms with E-state index in [1.165, 1.54) is 0 Å². The van der Waals surface area contributed by atoms with E-state index in [-0.39, 0.29) is 6.09 Å². The van der Waals surface area contributed by atoms with Crippen molar-refractivity contribution in [2.75, 3.05) is 37.7 Å². The van der Waals surface area contributed by atoms with Crippen molar-refractivity contribution < 1.29 is 14.3 Å². The molecule has 3 fully saturated rings. The van der Waals surface area contributed by atoms with Crippen LogP contribution >= 0.6 is 0 Å². The van der Waals surface area contributed by atoms with Crippen molar-refractivity contribution in [1.29, 1.82) is 0 Å². The summed E-state index contributed by atoms with van der Waals surface area (Å²) < 4.78 is 11.1. The Morgan fingerprint density at radius 1 is 1.35 bits per heavy atom. The van der Waals surface area contributed by atoms with E-state index in [2.05, 4.69) is 15.3 Å². The summed E-state index contributed by atoms with van der Waals surface area (Å²) in [6.07, 6.45) is 2.26. The van der Waals surface area contributed by atoms with Gasteiger partial charge in [0, 0.05) is 31.4 Å². The Hall–Kier alpha value is -1.73. The van der Waals surface area contributed by atoms with Crippen molar-refractivity contribution >= 4 is 11.9 Å². The number of carbonyl (C=O) groups excluding carboxylic acids is 1. The maximum Gasteiger partial charge on any atom is 0.416 e. The van der Waals surface area contributed by atoms with E-state index in [0.29, 0.717) is 37.3 Å². The van der Waals surface area contributed by atoms with E-state index >= 15 is 0 Å². The summed E-state index contributed by atoms with van der Waals surface area (Å²) in [5.41, 5.74) is 0.599. The lowest BCUT2D eigenvalue weighted by atomic mass is 9.94. The highest BCUT2D eigenvalue weighted by Crippen LogP contribution is 2.35. The summed E-state index contributed by atoms with van der Waals surface area (Å²) in [5.74, 6) is 1.75. The van der Waals surface area contributed by atoms with Crippen molar-refractivity contribution in [2.45, 2.75) is 37.7 Å². The fourth-order valence-corrected chi connectivity index (χ4v) is 3.63. The molecule has 1 amide bonds. The minimum atomic E-state index is -0.413. The van der Waals surface area contributed by atoms with Crippen molar-refractivity contribution in [3.05, 3.63) is 17.6 Å². The molecule has 0 aromatic carbocycles. The van der Waals surface area contributed by atoms with Gasteiger partial charge in [-0.05, 0) is 19.9 Å². The molecule has 1 spiro atoms. The van der Waals surface area contributed by atoms with Gasteiger partial charge in [0.1, 0.15) is 17.2 Å². The van der Waals surface area contributed by atoms with Gasteiger partial charge in [-0.15, -0.1) is 0 Å². The van der Waals surface area contributed by atoms with Crippen LogP contribution < -0.4 is 10.2 Å².